The summed E-state index contributed by atoms with van der Waals surface area (Å²) in [4.78, 5) is 0. The van der Waals surface area contributed by atoms with Gasteiger partial charge in [0.05, 0.1) is 6.61 Å². The van der Waals surface area contributed by atoms with Crippen molar-refractivity contribution in [2.75, 3.05) is 6.61 Å². The molecule has 2 nitrogen and oxygen atoms in total. The van der Waals surface area contributed by atoms with Crippen LogP contribution in [0.3, 0.4) is 0 Å². The lowest BCUT2D eigenvalue weighted by Crippen LogP contribution is -2.18. The summed E-state index contributed by atoms with van der Waals surface area (Å²) in [7, 11) is 0. The molecule has 0 saturated heterocycles. The van der Waals surface area contributed by atoms with Gasteiger partial charge in [0.2, 0.25) is 0 Å². The molecule has 19 heavy (non-hydrogen) atoms. The summed E-state index contributed by atoms with van der Waals surface area (Å²) in [6.45, 7) is 5.72. The summed E-state index contributed by atoms with van der Waals surface area (Å²) in [6.07, 6.45) is 0. The highest BCUT2D eigenvalue weighted by atomic mass is 16.5. The molecule has 0 atom stereocenters. The maximum absolute atomic E-state index is 5.81. The van der Waals surface area contributed by atoms with Crippen molar-refractivity contribution in [3.8, 4) is 11.5 Å². The predicted molar refractivity (Wildman–Crippen MR) is 75.7 cm³/mol. The third kappa shape index (κ3) is 2.43. The predicted octanol–water partition coefficient (Wildman–Crippen LogP) is 3.94. The Balaban J connectivity index is 1.74. The first kappa shape index (κ1) is 12.1. The summed E-state index contributed by atoms with van der Waals surface area (Å²) in [6, 6.07) is 16.3. The van der Waals surface area contributed by atoms with Gasteiger partial charge in [0.1, 0.15) is 18.1 Å². The molecular formula is C17H18O2. The van der Waals surface area contributed by atoms with Gasteiger partial charge in [0, 0.05) is 17.0 Å². The largest absolute Gasteiger partial charge is 0.492 e. The van der Waals surface area contributed by atoms with Crippen LogP contribution in [0, 0.1) is 0 Å². The molecule has 1 heterocycles. The second-order valence-electron chi connectivity index (χ2n) is 5.60. The maximum atomic E-state index is 5.81. The van der Waals surface area contributed by atoms with Gasteiger partial charge in [0.15, 0.2) is 0 Å². The van der Waals surface area contributed by atoms with Crippen molar-refractivity contribution in [3.05, 3.63) is 59.7 Å². The van der Waals surface area contributed by atoms with E-state index in [1.807, 2.05) is 30.3 Å². The van der Waals surface area contributed by atoms with Crippen molar-refractivity contribution < 1.29 is 9.47 Å². The highest BCUT2D eigenvalue weighted by Crippen LogP contribution is 2.40. The van der Waals surface area contributed by atoms with E-state index in [1.54, 1.807) is 0 Å². The quantitative estimate of drug-likeness (QED) is 0.826. The highest BCUT2D eigenvalue weighted by molar-refractivity contribution is 5.47. The molecule has 98 valence electrons. The molecule has 2 aromatic rings. The van der Waals surface area contributed by atoms with Crippen molar-refractivity contribution in [2.24, 2.45) is 0 Å². The van der Waals surface area contributed by atoms with Crippen LogP contribution in [0.4, 0.5) is 0 Å². The van der Waals surface area contributed by atoms with E-state index in [0.717, 1.165) is 18.1 Å². The van der Waals surface area contributed by atoms with Gasteiger partial charge in [-0.05, 0) is 11.6 Å². The third-order valence-electron chi connectivity index (χ3n) is 3.52. The van der Waals surface area contributed by atoms with E-state index < -0.39 is 0 Å². The Morgan fingerprint density at radius 1 is 1.11 bits per heavy atom. The smallest absolute Gasteiger partial charge is 0.126 e. The number of fused-ring (bicyclic) bond motifs is 1. The number of hydrogen-bond acceptors (Lipinski definition) is 2. The van der Waals surface area contributed by atoms with E-state index in [9.17, 15) is 0 Å². The molecule has 3 rings (SSSR count). The molecule has 0 saturated carbocycles. The van der Waals surface area contributed by atoms with Gasteiger partial charge in [-0.25, -0.2) is 0 Å². The number of hydrogen-bond donors (Lipinski definition) is 0. The van der Waals surface area contributed by atoms with E-state index in [0.29, 0.717) is 6.61 Å². The topological polar surface area (TPSA) is 18.5 Å². The van der Waals surface area contributed by atoms with Crippen LogP contribution >= 0.6 is 0 Å². The SMILES string of the molecule is CC1(C)COc2cc(OCc3ccccc3)ccc21. The normalized spacial score (nSPS) is 15.7. The molecule has 0 amide bonds. The number of ether oxygens (including phenoxy) is 2. The highest BCUT2D eigenvalue weighted by Gasteiger charge is 2.31. The first-order valence-electron chi connectivity index (χ1n) is 6.59. The Hall–Kier alpha value is -1.96. The molecule has 1 aliphatic heterocycles. The Morgan fingerprint density at radius 3 is 2.68 bits per heavy atom. The average molecular weight is 254 g/mol. The van der Waals surface area contributed by atoms with Crippen LogP contribution in [0.15, 0.2) is 48.5 Å². The first-order valence-corrected chi connectivity index (χ1v) is 6.59. The summed E-state index contributed by atoms with van der Waals surface area (Å²) < 4.78 is 11.5. The van der Waals surface area contributed by atoms with Crippen LogP contribution in [-0.4, -0.2) is 6.61 Å². The van der Waals surface area contributed by atoms with Crippen LogP contribution in [-0.2, 0) is 12.0 Å². The molecule has 2 heteroatoms. The fourth-order valence-electron chi connectivity index (χ4n) is 2.35. The molecule has 0 bridgehead atoms. The van der Waals surface area contributed by atoms with Gasteiger partial charge >= 0.3 is 0 Å². The summed E-state index contributed by atoms with van der Waals surface area (Å²) in [5.41, 5.74) is 2.54. The second kappa shape index (κ2) is 4.61. The van der Waals surface area contributed by atoms with Crippen LogP contribution in [0.5, 0.6) is 11.5 Å². The van der Waals surface area contributed by atoms with Gasteiger partial charge in [-0.3, -0.25) is 0 Å². The standard InChI is InChI=1S/C17H18O2/c1-17(2)12-19-16-10-14(8-9-15(16)17)18-11-13-6-4-3-5-7-13/h3-10H,11-12H2,1-2H3. The lowest BCUT2D eigenvalue weighted by molar-refractivity contribution is 0.285. The maximum Gasteiger partial charge on any atom is 0.126 e. The zero-order valence-electron chi connectivity index (χ0n) is 11.3. The van der Waals surface area contributed by atoms with E-state index in [4.69, 9.17) is 9.47 Å². The lowest BCUT2D eigenvalue weighted by atomic mass is 9.87. The molecule has 0 aliphatic carbocycles. The first-order chi connectivity index (χ1) is 9.15. The van der Waals surface area contributed by atoms with Gasteiger partial charge in [-0.15, -0.1) is 0 Å². The molecule has 0 unspecified atom stereocenters. The molecule has 0 spiro atoms. The lowest BCUT2D eigenvalue weighted by Gasteiger charge is -2.15. The van der Waals surface area contributed by atoms with Gasteiger partial charge in [-0.1, -0.05) is 50.2 Å². The average Bonchev–Trinajstić information content (AvgIpc) is 2.73. The Labute approximate surface area is 114 Å². The number of benzene rings is 2. The zero-order chi connectivity index (χ0) is 13.3. The van der Waals surface area contributed by atoms with E-state index in [1.165, 1.54) is 11.1 Å². The third-order valence-corrected chi connectivity index (χ3v) is 3.52. The van der Waals surface area contributed by atoms with Crippen molar-refractivity contribution >= 4 is 0 Å². The summed E-state index contributed by atoms with van der Waals surface area (Å²) in [5, 5.41) is 0. The summed E-state index contributed by atoms with van der Waals surface area (Å²) in [5.74, 6) is 1.82. The van der Waals surface area contributed by atoms with Crippen molar-refractivity contribution in [1.29, 1.82) is 0 Å². The molecule has 2 aromatic carbocycles. The minimum atomic E-state index is 0.104. The number of rotatable bonds is 3. The molecule has 1 aliphatic rings. The molecular weight excluding hydrogens is 236 g/mol. The van der Waals surface area contributed by atoms with Crippen LogP contribution < -0.4 is 9.47 Å². The summed E-state index contributed by atoms with van der Waals surface area (Å²) >= 11 is 0. The van der Waals surface area contributed by atoms with Gasteiger partial charge in [0.25, 0.3) is 0 Å². The van der Waals surface area contributed by atoms with Crippen LogP contribution in [0.2, 0.25) is 0 Å². The Kier molecular flexibility index (Phi) is 2.94. The van der Waals surface area contributed by atoms with Crippen LogP contribution in [0.25, 0.3) is 0 Å². The molecule has 0 radical (unpaired) electrons. The Bertz CT molecular complexity index is 573. The minimum Gasteiger partial charge on any atom is -0.492 e. The fraction of sp³-hybridized carbons (Fsp3) is 0.294. The van der Waals surface area contributed by atoms with E-state index in [-0.39, 0.29) is 5.41 Å². The van der Waals surface area contributed by atoms with E-state index in [2.05, 4.69) is 32.0 Å². The fourth-order valence-corrected chi connectivity index (χ4v) is 2.35. The van der Waals surface area contributed by atoms with Crippen molar-refractivity contribution in [2.45, 2.75) is 25.9 Å². The molecule has 0 N–H and O–H groups in total. The molecule has 0 aromatic heterocycles. The van der Waals surface area contributed by atoms with Gasteiger partial charge in [-0.2, -0.15) is 0 Å². The van der Waals surface area contributed by atoms with Crippen LogP contribution in [0.1, 0.15) is 25.0 Å². The van der Waals surface area contributed by atoms with Crippen molar-refractivity contribution in [3.63, 3.8) is 0 Å². The van der Waals surface area contributed by atoms with Gasteiger partial charge < -0.3 is 9.47 Å². The monoisotopic (exact) mass is 254 g/mol. The zero-order valence-corrected chi connectivity index (χ0v) is 11.3. The minimum absolute atomic E-state index is 0.104. The van der Waals surface area contributed by atoms with Crippen molar-refractivity contribution in [1.82, 2.24) is 0 Å². The Morgan fingerprint density at radius 2 is 1.89 bits per heavy atom. The molecule has 0 fully saturated rings. The van der Waals surface area contributed by atoms with E-state index >= 15 is 0 Å². The second-order valence-corrected chi connectivity index (χ2v) is 5.60.